The fourth-order valence-corrected chi connectivity index (χ4v) is 0.272. The van der Waals surface area contributed by atoms with Crippen LogP contribution in [0.5, 0.6) is 0 Å². The molecule has 35 valence electrons. The van der Waals surface area contributed by atoms with Crippen molar-refractivity contribution in [1.29, 1.82) is 0 Å². The van der Waals surface area contributed by atoms with Crippen LogP contribution in [0.25, 0.3) is 0 Å². The molecule has 0 aromatic carbocycles. The smallest absolute Gasteiger partial charge is 0.0324 e. The van der Waals surface area contributed by atoms with Crippen LogP contribution in [0.4, 0.5) is 0 Å². The Morgan fingerprint density at radius 3 is 2.17 bits per heavy atom. The zero-order valence-electron chi connectivity index (χ0n) is 4.44. The number of allylic oxidation sites excluding steroid dienone is 1. The average molecular weight is 83.2 g/mol. The topological polar surface area (TPSA) is 0 Å². The molecule has 0 fully saturated rings. The van der Waals surface area contributed by atoms with Gasteiger partial charge in [0, 0.05) is 0 Å². The fourth-order valence-electron chi connectivity index (χ4n) is 0.272. The second-order valence-electron chi connectivity index (χ2n) is 1.87. The Bertz CT molecular complexity index is 35.3. The SMILES string of the molecule is [CH]=CCC(C)C. The molecule has 0 saturated heterocycles. The molecule has 0 amide bonds. The van der Waals surface area contributed by atoms with Gasteiger partial charge in [-0.2, -0.15) is 0 Å². The number of hydrogen-bond donors (Lipinski definition) is 0. The van der Waals surface area contributed by atoms with E-state index in [9.17, 15) is 0 Å². The molecule has 0 atom stereocenters. The molecule has 0 aliphatic carbocycles. The first kappa shape index (κ1) is 5.74. The monoisotopic (exact) mass is 83.1 g/mol. The third-order valence-electron chi connectivity index (χ3n) is 0.607. The van der Waals surface area contributed by atoms with Crippen molar-refractivity contribution in [3.63, 3.8) is 0 Å². The Labute approximate surface area is 39.9 Å². The zero-order chi connectivity index (χ0) is 4.99. The van der Waals surface area contributed by atoms with E-state index in [2.05, 4.69) is 13.8 Å². The molecule has 0 heterocycles. The van der Waals surface area contributed by atoms with Gasteiger partial charge in [0.2, 0.25) is 0 Å². The van der Waals surface area contributed by atoms with Gasteiger partial charge in [0.25, 0.3) is 0 Å². The van der Waals surface area contributed by atoms with Crippen LogP contribution >= 0.6 is 0 Å². The van der Waals surface area contributed by atoms with Crippen molar-refractivity contribution in [3.05, 3.63) is 12.7 Å². The van der Waals surface area contributed by atoms with Gasteiger partial charge in [-0.25, -0.2) is 0 Å². The number of rotatable bonds is 2. The summed E-state index contributed by atoms with van der Waals surface area (Å²) in [6, 6.07) is 0. The van der Waals surface area contributed by atoms with Gasteiger partial charge in [0.05, 0.1) is 0 Å². The standard InChI is InChI=1S/C6H11/c1-4-5-6(2)3/h1,4,6H,5H2,2-3H3. The Kier molecular flexibility index (Phi) is 2.82. The van der Waals surface area contributed by atoms with Crippen molar-refractivity contribution in [3.8, 4) is 0 Å². The van der Waals surface area contributed by atoms with Gasteiger partial charge >= 0.3 is 0 Å². The van der Waals surface area contributed by atoms with E-state index in [1.54, 1.807) is 6.08 Å². The molecular weight excluding hydrogens is 72.1 g/mol. The highest BCUT2D eigenvalue weighted by Gasteiger charge is 1.82. The van der Waals surface area contributed by atoms with E-state index in [4.69, 9.17) is 6.58 Å². The second-order valence-corrected chi connectivity index (χ2v) is 1.87. The molecule has 0 nitrogen and oxygen atoms in total. The first-order valence-corrected chi connectivity index (χ1v) is 2.30. The van der Waals surface area contributed by atoms with Gasteiger partial charge in [-0.05, 0) is 12.3 Å². The molecule has 0 aliphatic rings. The first-order chi connectivity index (χ1) is 2.77. The van der Waals surface area contributed by atoms with Crippen molar-refractivity contribution in [2.24, 2.45) is 5.92 Å². The van der Waals surface area contributed by atoms with E-state index in [-0.39, 0.29) is 0 Å². The highest BCUT2D eigenvalue weighted by molar-refractivity contribution is 4.63. The molecule has 0 unspecified atom stereocenters. The lowest BCUT2D eigenvalue weighted by Gasteiger charge is -1.92. The minimum absolute atomic E-state index is 0.718. The summed E-state index contributed by atoms with van der Waals surface area (Å²) in [6.07, 6.45) is 2.73. The van der Waals surface area contributed by atoms with Crippen molar-refractivity contribution >= 4 is 0 Å². The summed E-state index contributed by atoms with van der Waals surface area (Å²) >= 11 is 0. The lowest BCUT2D eigenvalue weighted by atomic mass is 10.1. The average Bonchev–Trinajstić information content (AvgIpc) is 1.35. The summed E-state index contributed by atoms with van der Waals surface area (Å²) in [6.45, 7) is 9.39. The maximum atomic E-state index is 5.10. The van der Waals surface area contributed by atoms with Crippen molar-refractivity contribution < 1.29 is 0 Å². The predicted molar refractivity (Wildman–Crippen MR) is 28.3 cm³/mol. The van der Waals surface area contributed by atoms with Crippen LogP contribution in [-0.4, -0.2) is 0 Å². The molecule has 0 aliphatic heterocycles. The van der Waals surface area contributed by atoms with Gasteiger partial charge < -0.3 is 0 Å². The van der Waals surface area contributed by atoms with E-state index in [1.807, 2.05) is 0 Å². The zero-order valence-corrected chi connectivity index (χ0v) is 4.44. The second kappa shape index (κ2) is 2.95. The number of hydrogen-bond acceptors (Lipinski definition) is 0. The third kappa shape index (κ3) is 3.74. The predicted octanol–water partition coefficient (Wildman–Crippen LogP) is 2.02. The minimum atomic E-state index is 0.718. The molecule has 0 bridgehead atoms. The van der Waals surface area contributed by atoms with Gasteiger partial charge in [0.1, 0.15) is 0 Å². The third-order valence-corrected chi connectivity index (χ3v) is 0.607. The first-order valence-electron chi connectivity index (χ1n) is 2.30. The van der Waals surface area contributed by atoms with E-state index in [0.29, 0.717) is 0 Å². The van der Waals surface area contributed by atoms with Crippen LogP contribution in [-0.2, 0) is 0 Å². The van der Waals surface area contributed by atoms with Crippen LogP contribution in [0.3, 0.4) is 0 Å². The van der Waals surface area contributed by atoms with Crippen molar-refractivity contribution in [2.75, 3.05) is 0 Å². The van der Waals surface area contributed by atoms with E-state index >= 15 is 0 Å². The van der Waals surface area contributed by atoms with Crippen molar-refractivity contribution in [2.45, 2.75) is 20.3 Å². The Hall–Kier alpha value is -0.260. The van der Waals surface area contributed by atoms with Crippen LogP contribution in [0.15, 0.2) is 6.08 Å². The molecule has 0 spiro atoms. The molecule has 0 rings (SSSR count). The van der Waals surface area contributed by atoms with Crippen LogP contribution in [0, 0.1) is 12.5 Å². The fraction of sp³-hybridized carbons (Fsp3) is 0.667. The maximum absolute atomic E-state index is 5.10. The van der Waals surface area contributed by atoms with Gasteiger partial charge in [0.15, 0.2) is 0 Å². The Morgan fingerprint density at radius 2 is 2.17 bits per heavy atom. The van der Waals surface area contributed by atoms with Crippen LogP contribution in [0.2, 0.25) is 0 Å². The summed E-state index contributed by atoms with van der Waals surface area (Å²) in [4.78, 5) is 0. The molecule has 0 saturated carbocycles. The summed E-state index contributed by atoms with van der Waals surface area (Å²) in [5.41, 5.74) is 0. The lowest BCUT2D eigenvalue weighted by molar-refractivity contribution is 0.664. The van der Waals surface area contributed by atoms with Crippen LogP contribution < -0.4 is 0 Å². The Balaban J connectivity index is 2.81. The van der Waals surface area contributed by atoms with Crippen molar-refractivity contribution in [1.82, 2.24) is 0 Å². The molecule has 0 heteroatoms. The van der Waals surface area contributed by atoms with Crippen LogP contribution in [0.1, 0.15) is 20.3 Å². The van der Waals surface area contributed by atoms with E-state index in [0.717, 1.165) is 12.3 Å². The summed E-state index contributed by atoms with van der Waals surface area (Å²) in [5.74, 6) is 0.718. The summed E-state index contributed by atoms with van der Waals surface area (Å²) in [7, 11) is 0. The molecule has 0 N–H and O–H groups in total. The largest absolute Gasteiger partial charge is 0.0843 e. The summed E-state index contributed by atoms with van der Waals surface area (Å²) < 4.78 is 0. The molecule has 0 aromatic heterocycles. The van der Waals surface area contributed by atoms with Gasteiger partial charge in [-0.15, -0.1) is 0 Å². The molecule has 6 heavy (non-hydrogen) atoms. The van der Waals surface area contributed by atoms with E-state index < -0.39 is 0 Å². The van der Waals surface area contributed by atoms with Gasteiger partial charge in [-0.1, -0.05) is 26.5 Å². The molecular formula is C6H11. The highest BCUT2D eigenvalue weighted by atomic mass is 13.9. The molecule has 0 aromatic rings. The maximum Gasteiger partial charge on any atom is -0.0324 e. The van der Waals surface area contributed by atoms with E-state index in [1.165, 1.54) is 0 Å². The molecule has 1 radical (unpaired) electrons. The Morgan fingerprint density at radius 1 is 1.67 bits per heavy atom. The van der Waals surface area contributed by atoms with Gasteiger partial charge in [-0.3, -0.25) is 0 Å². The summed E-state index contributed by atoms with van der Waals surface area (Å²) in [5, 5.41) is 0. The normalized spacial score (nSPS) is 9.17. The lowest BCUT2D eigenvalue weighted by Crippen LogP contribution is -1.79. The highest BCUT2D eigenvalue weighted by Crippen LogP contribution is 1.96. The minimum Gasteiger partial charge on any atom is -0.0843 e. The quantitative estimate of drug-likeness (QED) is 0.479.